The van der Waals surface area contributed by atoms with E-state index in [0.717, 1.165) is 23.0 Å². The summed E-state index contributed by atoms with van der Waals surface area (Å²) < 4.78 is 2.16. The van der Waals surface area contributed by atoms with E-state index in [0.29, 0.717) is 10.6 Å². The highest BCUT2D eigenvalue weighted by Crippen LogP contribution is 2.21. The molecule has 178 valence electrons. The molecular weight excluding hydrogens is 460 g/mol. The van der Waals surface area contributed by atoms with Gasteiger partial charge in [-0.1, -0.05) is 86.1 Å². The molecule has 4 aromatic rings. The number of halogens is 1. The molecule has 0 aliphatic carbocycles. The fraction of sp³-hybridized carbons (Fsp3) is 0.179. The van der Waals surface area contributed by atoms with Crippen LogP contribution in [-0.4, -0.2) is 28.6 Å². The fourth-order valence-electron chi connectivity index (χ4n) is 3.92. The first kappa shape index (κ1) is 24.2. The highest BCUT2D eigenvalue weighted by Gasteiger charge is 2.25. The number of nitrogens with zero attached hydrogens (tertiary/aromatic N) is 2. The standard InChI is InChI=1S/C28H27ClN4O2/c1-19(2)26(31-27(34)23-13-6-8-14-24(23)29)28(35)32-30-16-21-18-33(17-20-10-4-3-5-11-20)25-15-9-7-12-22(21)25/h3-16,18-19,26H,17H2,1-2H3,(H,31,34)(H,32,35)/b30-16-. The Labute approximate surface area is 209 Å². The zero-order chi connectivity index (χ0) is 24.8. The molecule has 0 saturated heterocycles. The van der Waals surface area contributed by atoms with Crippen molar-refractivity contribution in [1.29, 1.82) is 0 Å². The maximum atomic E-state index is 12.9. The lowest BCUT2D eigenvalue weighted by molar-refractivity contribution is -0.123. The molecule has 0 bridgehead atoms. The van der Waals surface area contributed by atoms with Crippen LogP contribution in [0.5, 0.6) is 0 Å². The van der Waals surface area contributed by atoms with E-state index in [1.165, 1.54) is 5.56 Å². The first-order chi connectivity index (χ1) is 16.9. The molecular formula is C28H27ClN4O2. The topological polar surface area (TPSA) is 75.5 Å². The third-order valence-electron chi connectivity index (χ3n) is 5.75. The van der Waals surface area contributed by atoms with Gasteiger partial charge in [-0.15, -0.1) is 0 Å². The number of carbonyl (C=O) groups is 2. The normalized spacial score (nSPS) is 12.2. The summed E-state index contributed by atoms with van der Waals surface area (Å²) in [5.41, 5.74) is 6.06. The molecule has 7 heteroatoms. The number of para-hydroxylation sites is 1. The van der Waals surface area contributed by atoms with Gasteiger partial charge in [0.15, 0.2) is 0 Å². The smallest absolute Gasteiger partial charge is 0.262 e. The Morgan fingerprint density at radius 1 is 0.971 bits per heavy atom. The number of hydrogen-bond acceptors (Lipinski definition) is 3. The molecule has 35 heavy (non-hydrogen) atoms. The van der Waals surface area contributed by atoms with Crippen LogP contribution < -0.4 is 10.7 Å². The zero-order valence-electron chi connectivity index (χ0n) is 19.6. The molecule has 0 spiro atoms. The van der Waals surface area contributed by atoms with Gasteiger partial charge in [-0.2, -0.15) is 5.10 Å². The summed E-state index contributed by atoms with van der Waals surface area (Å²) >= 11 is 6.13. The number of benzene rings is 3. The molecule has 1 atom stereocenters. The van der Waals surface area contributed by atoms with Crippen molar-refractivity contribution in [3.63, 3.8) is 0 Å². The summed E-state index contributed by atoms with van der Waals surface area (Å²) in [5, 5.41) is 8.33. The van der Waals surface area contributed by atoms with Crippen LogP contribution in [0.15, 0.2) is 90.2 Å². The molecule has 0 radical (unpaired) electrons. The summed E-state index contributed by atoms with van der Waals surface area (Å²) in [6.07, 6.45) is 3.65. The van der Waals surface area contributed by atoms with Gasteiger partial charge in [0.05, 0.1) is 16.8 Å². The molecule has 1 unspecified atom stereocenters. The minimum absolute atomic E-state index is 0.149. The highest BCUT2D eigenvalue weighted by atomic mass is 35.5. The van der Waals surface area contributed by atoms with Crippen LogP contribution in [0.3, 0.4) is 0 Å². The highest BCUT2D eigenvalue weighted by molar-refractivity contribution is 6.33. The number of fused-ring (bicyclic) bond motifs is 1. The van der Waals surface area contributed by atoms with Crippen molar-refractivity contribution in [3.05, 3.63) is 107 Å². The van der Waals surface area contributed by atoms with Crippen molar-refractivity contribution in [3.8, 4) is 0 Å². The summed E-state index contributed by atoms with van der Waals surface area (Å²) in [6.45, 7) is 4.45. The second kappa shape index (κ2) is 11.0. The van der Waals surface area contributed by atoms with Crippen molar-refractivity contribution in [1.82, 2.24) is 15.3 Å². The average Bonchev–Trinajstić information content (AvgIpc) is 3.20. The maximum Gasteiger partial charge on any atom is 0.262 e. The van der Waals surface area contributed by atoms with Crippen LogP contribution >= 0.6 is 11.6 Å². The van der Waals surface area contributed by atoms with Gasteiger partial charge in [0.25, 0.3) is 11.8 Å². The van der Waals surface area contributed by atoms with Crippen LogP contribution in [-0.2, 0) is 11.3 Å². The number of carbonyl (C=O) groups excluding carboxylic acids is 2. The number of amides is 2. The Balaban J connectivity index is 1.48. The second-order valence-electron chi connectivity index (χ2n) is 8.62. The predicted octanol–water partition coefficient (Wildman–Crippen LogP) is 5.25. The molecule has 0 aliphatic rings. The molecule has 1 heterocycles. The van der Waals surface area contributed by atoms with Crippen LogP contribution in [0, 0.1) is 5.92 Å². The van der Waals surface area contributed by atoms with E-state index in [-0.39, 0.29) is 5.92 Å². The SMILES string of the molecule is CC(C)C(NC(=O)c1ccccc1Cl)C(=O)N/N=C\c1cn(Cc2ccccc2)c2ccccc12. The van der Waals surface area contributed by atoms with Gasteiger partial charge in [-0.3, -0.25) is 9.59 Å². The molecule has 3 aromatic carbocycles. The quantitative estimate of drug-likeness (QED) is 0.264. The molecule has 1 aromatic heterocycles. The Morgan fingerprint density at radius 3 is 2.40 bits per heavy atom. The molecule has 6 nitrogen and oxygen atoms in total. The maximum absolute atomic E-state index is 12.9. The van der Waals surface area contributed by atoms with Gasteiger partial charge < -0.3 is 9.88 Å². The number of aromatic nitrogens is 1. The summed E-state index contributed by atoms with van der Waals surface area (Å²) in [6, 6.07) is 24.3. The lowest BCUT2D eigenvalue weighted by atomic mass is 10.0. The Bertz CT molecular complexity index is 1360. The van der Waals surface area contributed by atoms with Crippen LogP contribution in [0.4, 0.5) is 0 Å². The van der Waals surface area contributed by atoms with Crippen molar-refractivity contribution in [2.45, 2.75) is 26.4 Å². The van der Waals surface area contributed by atoms with E-state index < -0.39 is 17.9 Å². The van der Waals surface area contributed by atoms with E-state index in [4.69, 9.17) is 11.6 Å². The minimum Gasteiger partial charge on any atom is -0.342 e. The molecule has 2 amide bonds. The number of hydrazone groups is 1. The van der Waals surface area contributed by atoms with Gasteiger partial charge >= 0.3 is 0 Å². The van der Waals surface area contributed by atoms with Gasteiger partial charge in [0.2, 0.25) is 0 Å². The predicted molar refractivity (Wildman–Crippen MR) is 141 cm³/mol. The lowest BCUT2D eigenvalue weighted by Gasteiger charge is -2.20. The van der Waals surface area contributed by atoms with Crippen molar-refractivity contribution in [2.24, 2.45) is 11.0 Å². The molecule has 4 rings (SSSR count). The summed E-state index contributed by atoms with van der Waals surface area (Å²) in [4.78, 5) is 25.5. The van der Waals surface area contributed by atoms with Crippen molar-refractivity contribution >= 4 is 40.5 Å². The van der Waals surface area contributed by atoms with E-state index in [1.54, 1.807) is 30.5 Å². The Hall–Kier alpha value is -3.90. The van der Waals surface area contributed by atoms with E-state index >= 15 is 0 Å². The van der Waals surface area contributed by atoms with Gasteiger partial charge in [0.1, 0.15) is 6.04 Å². The van der Waals surface area contributed by atoms with Gasteiger partial charge in [0, 0.05) is 29.2 Å². The molecule has 0 aliphatic heterocycles. The van der Waals surface area contributed by atoms with Crippen molar-refractivity contribution in [2.75, 3.05) is 0 Å². The van der Waals surface area contributed by atoms with E-state index in [2.05, 4.69) is 38.6 Å². The number of rotatable bonds is 8. The Morgan fingerprint density at radius 2 is 1.66 bits per heavy atom. The third kappa shape index (κ3) is 5.78. The average molecular weight is 487 g/mol. The largest absolute Gasteiger partial charge is 0.342 e. The Kier molecular flexibility index (Phi) is 7.63. The first-order valence-electron chi connectivity index (χ1n) is 11.4. The lowest BCUT2D eigenvalue weighted by Crippen LogP contribution is -2.48. The van der Waals surface area contributed by atoms with E-state index in [1.807, 2.05) is 56.4 Å². The van der Waals surface area contributed by atoms with Gasteiger partial charge in [-0.05, 0) is 29.7 Å². The molecule has 2 N–H and O–H groups in total. The zero-order valence-corrected chi connectivity index (χ0v) is 20.4. The summed E-state index contributed by atoms with van der Waals surface area (Å²) in [5.74, 6) is -0.952. The summed E-state index contributed by atoms with van der Waals surface area (Å²) in [7, 11) is 0. The van der Waals surface area contributed by atoms with Crippen LogP contribution in [0.1, 0.15) is 35.3 Å². The number of nitrogens with one attached hydrogen (secondary N) is 2. The fourth-order valence-corrected chi connectivity index (χ4v) is 4.14. The molecule has 0 saturated carbocycles. The molecule has 0 fully saturated rings. The van der Waals surface area contributed by atoms with E-state index in [9.17, 15) is 9.59 Å². The van der Waals surface area contributed by atoms with Gasteiger partial charge in [-0.25, -0.2) is 5.43 Å². The van der Waals surface area contributed by atoms with Crippen molar-refractivity contribution < 1.29 is 9.59 Å². The van der Waals surface area contributed by atoms with Crippen LogP contribution in [0.2, 0.25) is 5.02 Å². The number of hydrogen-bond donors (Lipinski definition) is 2. The minimum atomic E-state index is -0.768. The third-order valence-corrected chi connectivity index (χ3v) is 6.08. The second-order valence-corrected chi connectivity index (χ2v) is 9.03. The monoisotopic (exact) mass is 486 g/mol. The first-order valence-corrected chi connectivity index (χ1v) is 11.8. The van der Waals surface area contributed by atoms with Crippen LogP contribution in [0.25, 0.3) is 10.9 Å².